The molecule has 9 heteroatoms. The van der Waals surface area contributed by atoms with Crippen LogP contribution in [0.2, 0.25) is 0 Å². The number of aliphatic imine (C=N–C) groups is 1. The standard InChI is InChI=1S/C17H25F3N4O.HI/c1-21-16(22-9-5-11-25-15-6-3-2-4-7-15)23-14-8-10-24(12-14)13-17(18,19)20;/h2-4,6-7,14H,5,8-13H2,1H3,(H2,21,22,23);1H. The lowest BCUT2D eigenvalue weighted by atomic mass is 10.3. The number of benzene rings is 1. The molecule has 0 spiro atoms. The third kappa shape index (κ3) is 8.93. The average Bonchev–Trinajstić information content (AvgIpc) is 2.99. The smallest absolute Gasteiger partial charge is 0.401 e. The van der Waals surface area contributed by atoms with Gasteiger partial charge in [0.2, 0.25) is 0 Å². The first-order chi connectivity index (χ1) is 12.0. The van der Waals surface area contributed by atoms with Gasteiger partial charge < -0.3 is 15.4 Å². The molecule has 1 aliphatic rings. The predicted octanol–water partition coefficient (Wildman–Crippen LogP) is 2.88. The number of nitrogens with one attached hydrogen (secondary N) is 2. The number of ether oxygens (including phenoxy) is 1. The molecule has 0 aliphatic carbocycles. The Labute approximate surface area is 169 Å². The molecule has 1 unspecified atom stereocenters. The van der Waals surface area contributed by atoms with Crippen LogP contribution in [0.5, 0.6) is 5.75 Å². The topological polar surface area (TPSA) is 48.9 Å². The van der Waals surface area contributed by atoms with Crippen LogP contribution in [-0.2, 0) is 0 Å². The minimum absolute atomic E-state index is 0. The second kappa shape index (κ2) is 11.5. The normalized spacial score (nSPS) is 18.3. The van der Waals surface area contributed by atoms with Gasteiger partial charge >= 0.3 is 6.18 Å². The molecule has 5 nitrogen and oxygen atoms in total. The molecule has 0 saturated carbocycles. The lowest BCUT2D eigenvalue weighted by molar-refractivity contribution is -0.143. The molecule has 1 aliphatic heterocycles. The van der Waals surface area contributed by atoms with Gasteiger partial charge in [0.25, 0.3) is 0 Å². The van der Waals surface area contributed by atoms with Crippen LogP contribution in [0, 0.1) is 0 Å². The summed E-state index contributed by atoms with van der Waals surface area (Å²) < 4.78 is 42.8. The molecule has 0 aromatic heterocycles. The first-order valence-corrected chi connectivity index (χ1v) is 8.40. The Balaban J connectivity index is 0.00000338. The number of para-hydroxylation sites is 1. The Kier molecular flexibility index (Phi) is 10.1. The van der Waals surface area contributed by atoms with Crippen LogP contribution < -0.4 is 15.4 Å². The number of hydrogen-bond donors (Lipinski definition) is 2. The fourth-order valence-electron chi connectivity index (χ4n) is 2.72. The van der Waals surface area contributed by atoms with Gasteiger partial charge in [0, 0.05) is 32.7 Å². The molecule has 1 saturated heterocycles. The highest BCUT2D eigenvalue weighted by Gasteiger charge is 2.34. The second-order valence-corrected chi connectivity index (χ2v) is 5.99. The minimum atomic E-state index is -4.15. The molecule has 2 rings (SSSR count). The Morgan fingerprint density at radius 1 is 1.31 bits per heavy atom. The summed E-state index contributed by atoms with van der Waals surface area (Å²) in [5.74, 6) is 1.44. The molecule has 1 atom stereocenters. The Bertz CT molecular complexity index is 543. The summed E-state index contributed by atoms with van der Waals surface area (Å²) in [7, 11) is 1.65. The van der Waals surface area contributed by atoms with Gasteiger partial charge in [-0.15, -0.1) is 24.0 Å². The summed E-state index contributed by atoms with van der Waals surface area (Å²) in [5.41, 5.74) is 0. The number of rotatable bonds is 7. The largest absolute Gasteiger partial charge is 0.494 e. The Morgan fingerprint density at radius 2 is 2.04 bits per heavy atom. The van der Waals surface area contributed by atoms with Gasteiger partial charge in [-0.25, -0.2) is 0 Å². The van der Waals surface area contributed by atoms with Crippen LogP contribution in [0.25, 0.3) is 0 Å². The van der Waals surface area contributed by atoms with Crippen molar-refractivity contribution in [2.45, 2.75) is 25.1 Å². The van der Waals surface area contributed by atoms with Crippen molar-refractivity contribution in [1.29, 1.82) is 0 Å². The molecule has 0 bridgehead atoms. The van der Waals surface area contributed by atoms with Crippen LogP contribution in [-0.4, -0.2) is 62.9 Å². The van der Waals surface area contributed by atoms with Crippen molar-refractivity contribution in [2.75, 3.05) is 39.8 Å². The van der Waals surface area contributed by atoms with E-state index in [2.05, 4.69) is 15.6 Å². The fourth-order valence-corrected chi connectivity index (χ4v) is 2.72. The highest BCUT2D eigenvalue weighted by atomic mass is 127. The molecule has 0 amide bonds. The number of hydrogen-bond acceptors (Lipinski definition) is 3. The van der Waals surface area contributed by atoms with E-state index >= 15 is 0 Å². The monoisotopic (exact) mass is 486 g/mol. The van der Waals surface area contributed by atoms with Crippen molar-refractivity contribution in [1.82, 2.24) is 15.5 Å². The first-order valence-electron chi connectivity index (χ1n) is 8.40. The van der Waals surface area contributed by atoms with Crippen molar-refractivity contribution >= 4 is 29.9 Å². The van der Waals surface area contributed by atoms with Gasteiger partial charge in [0.05, 0.1) is 13.2 Å². The predicted molar refractivity (Wildman–Crippen MR) is 107 cm³/mol. The zero-order valence-electron chi connectivity index (χ0n) is 14.8. The molecule has 148 valence electrons. The quantitative estimate of drug-likeness (QED) is 0.270. The van der Waals surface area contributed by atoms with Crippen molar-refractivity contribution in [3.8, 4) is 5.75 Å². The van der Waals surface area contributed by atoms with Crippen molar-refractivity contribution in [3.63, 3.8) is 0 Å². The maximum atomic E-state index is 12.4. The maximum Gasteiger partial charge on any atom is 0.401 e. The highest BCUT2D eigenvalue weighted by molar-refractivity contribution is 14.0. The summed E-state index contributed by atoms with van der Waals surface area (Å²) in [6.45, 7) is 1.22. The summed E-state index contributed by atoms with van der Waals surface area (Å²) in [6, 6.07) is 9.56. The number of halogens is 4. The van der Waals surface area contributed by atoms with Crippen molar-refractivity contribution in [2.24, 2.45) is 4.99 Å². The number of nitrogens with zero attached hydrogens (tertiary/aromatic N) is 2. The second-order valence-electron chi connectivity index (χ2n) is 5.99. The van der Waals surface area contributed by atoms with Gasteiger partial charge in [-0.05, 0) is 25.0 Å². The highest BCUT2D eigenvalue weighted by Crippen LogP contribution is 2.19. The summed E-state index contributed by atoms with van der Waals surface area (Å²) in [4.78, 5) is 5.54. The SMILES string of the molecule is CN=C(NCCCOc1ccccc1)NC1CCN(CC(F)(F)F)C1.I. The van der Waals surface area contributed by atoms with Crippen LogP contribution in [0.3, 0.4) is 0 Å². The number of likely N-dealkylation sites (tertiary alicyclic amines) is 1. The van der Waals surface area contributed by atoms with E-state index in [0.717, 1.165) is 12.2 Å². The number of guanidine groups is 1. The van der Waals surface area contributed by atoms with Crippen LogP contribution in [0.1, 0.15) is 12.8 Å². The zero-order valence-corrected chi connectivity index (χ0v) is 17.1. The molecule has 26 heavy (non-hydrogen) atoms. The third-order valence-electron chi connectivity index (χ3n) is 3.87. The van der Waals surface area contributed by atoms with Gasteiger partial charge in [-0.3, -0.25) is 9.89 Å². The van der Waals surface area contributed by atoms with Crippen molar-refractivity contribution < 1.29 is 17.9 Å². The van der Waals surface area contributed by atoms with Crippen LogP contribution in [0.15, 0.2) is 35.3 Å². The minimum Gasteiger partial charge on any atom is -0.494 e. The van der Waals surface area contributed by atoms with E-state index in [4.69, 9.17) is 4.74 Å². The van der Waals surface area contributed by atoms with Gasteiger partial charge in [0.15, 0.2) is 5.96 Å². The Hall–Kier alpha value is -1.23. The fraction of sp³-hybridized carbons (Fsp3) is 0.588. The van der Waals surface area contributed by atoms with E-state index in [1.54, 1.807) is 7.05 Å². The van der Waals surface area contributed by atoms with Crippen LogP contribution in [0.4, 0.5) is 13.2 Å². The molecule has 1 aromatic rings. The van der Waals surface area contributed by atoms with Crippen LogP contribution >= 0.6 is 24.0 Å². The lowest BCUT2D eigenvalue weighted by Gasteiger charge is -2.19. The van der Waals surface area contributed by atoms with E-state index in [-0.39, 0.29) is 30.0 Å². The van der Waals surface area contributed by atoms with Gasteiger partial charge in [-0.1, -0.05) is 18.2 Å². The first kappa shape index (κ1) is 22.8. The van der Waals surface area contributed by atoms with Gasteiger partial charge in [0.1, 0.15) is 5.75 Å². The summed E-state index contributed by atoms with van der Waals surface area (Å²) in [6.07, 6.45) is -2.68. The lowest BCUT2D eigenvalue weighted by Crippen LogP contribution is -2.45. The summed E-state index contributed by atoms with van der Waals surface area (Å²) >= 11 is 0. The maximum absolute atomic E-state index is 12.4. The summed E-state index contributed by atoms with van der Waals surface area (Å²) in [5, 5.41) is 6.34. The molecule has 1 aromatic carbocycles. The molecular weight excluding hydrogens is 460 g/mol. The number of alkyl halides is 3. The van der Waals surface area contributed by atoms with E-state index in [1.807, 2.05) is 30.3 Å². The zero-order chi connectivity index (χ0) is 18.1. The van der Waals surface area contributed by atoms with E-state index in [0.29, 0.717) is 38.6 Å². The molecule has 1 heterocycles. The molecule has 0 radical (unpaired) electrons. The van der Waals surface area contributed by atoms with E-state index in [9.17, 15) is 13.2 Å². The third-order valence-corrected chi connectivity index (χ3v) is 3.87. The van der Waals surface area contributed by atoms with Crippen molar-refractivity contribution in [3.05, 3.63) is 30.3 Å². The van der Waals surface area contributed by atoms with E-state index in [1.165, 1.54) is 4.90 Å². The van der Waals surface area contributed by atoms with E-state index < -0.39 is 12.7 Å². The molecule has 2 N–H and O–H groups in total. The average molecular weight is 486 g/mol. The van der Waals surface area contributed by atoms with Gasteiger partial charge in [-0.2, -0.15) is 13.2 Å². The Morgan fingerprint density at radius 3 is 2.69 bits per heavy atom. The molecular formula is C17H26F3IN4O. The molecule has 1 fully saturated rings.